The van der Waals surface area contributed by atoms with Crippen molar-refractivity contribution in [3.05, 3.63) is 45.3 Å². The number of hydrogen-bond donors (Lipinski definition) is 1. The van der Waals surface area contributed by atoms with Crippen LogP contribution < -0.4 is 0 Å². The van der Waals surface area contributed by atoms with Gasteiger partial charge in [-0.25, -0.2) is 0 Å². The first-order valence-corrected chi connectivity index (χ1v) is 4.54. The Morgan fingerprint density at radius 1 is 1.43 bits per heavy atom. The molecule has 4 heteroatoms. The zero-order valence-electron chi connectivity index (χ0n) is 8.14. The minimum Gasteiger partial charge on any atom is -0.392 e. The summed E-state index contributed by atoms with van der Waals surface area (Å²) in [7, 11) is 0. The molecular formula is C10H13N3O. The average molecular weight is 191 g/mol. The van der Waals surface area contributed by atoms with Gasteiger partial charge in [0.05, 0.1) is 13.2 Å². The second-order valence-electron chi connectivity index (χ2n) is 3.00. The van der Waals surface area contributed by atoms with Gasteiger partial charge in [-0.1, -0.05) is 30.2 Å². The van der Waals surface area contributed by atoms with E-state index in [4.69, 9.17) is 10.6 Å². The quantitative estimate of drug-likeness (QED) is 0.443. The number of azide groups is 1. The van der Waals surface area contributed by atoms with Crippen LogP contribution in [0.25, 0.3) is 10.4 Å². The maximum Gasteiger partial charge on any atom is 0.0681 e. The topological polar surface area (TPSA) is 69.0 Å². The predicted molar refractivity (Wildman–Crippen MR) is 54.6 cm³/mol. The highest BCUT2D eigenvalue weighted by Crippen LogP contribution is 2.14. The lowest BCUT2D eigenvalue weighted by Crippen LogP contribution is -1.93. The van der Waals surface area contributed by atoms with Crippen LogP contribution in [0.4, 0.5) is 0 Å². The fraction of sp³-hybridized carbons (Fsp3) is 0.400. The van der Waals surface area contributed by atoms with Crippen LogP contribution in [-0.4, -0.2) is 5.11 Å². The molecule has 0 radical (unpaired) electrons. The normalized spacial score (nSPS) is 9.57. The molecule has 0 aliphatic rings. The lowest BCUT2D eigenvalue weighted by Gasteiger charge is -2.06. The largest absolute Gasteiger partial charge is 0.392 e. The number of nitrogens with zero attached hydrogens (tertiary/aromatic N) is 3. The Kier molecular flexibility index (Phi) is 3.98. The molecule has 0 bridgehead atoms. The van der Waals surface area contributed by atoms with Crippen molar-refractivity contribution in [2.24, 2.45) is 5.11 Å². The van der Waals surface area contributed by atoms with Gasteiger partial charge in [-0.05, 0) is 28.6 Å². The highest BCUT2D eigenvalue weighted by atomic mass is 16.3. The summed E-state index contributed by atoms with van der Waals surface area (Å²) >= 11 is 0. The van der Waals surface area contributed by atoms with Crippen molar-refractivity contribution in [2.75, 3.05) is 0 Å². The van der Waals surface area contributed by atoms with Gasteiger partial charge < -0.3 is 5.11 Å². The zero-order valence-corrected chi connectivity index (χ0v) is 8.14. The lowest BCUT2D eigenvalue weighted by molar-refractivity contribution is 0.281. The van der Waals surface area contributed by atoms with Gasteiger partial charge in [0.15, 0.2) is 0 Å². The van der Waals surface area contributed by atoms with E-state index < -0.39 is 0 Å². The van der Waals surface area contributed by atoms with Crippen LogP contribution in [0.15, 0.2) is 23.3 Å². The average Bonchev–Trinajstić information content (AvgIpc) is 2.26. The summed E-state index contributed by atoms with van der Waals surface area (Å²) in [6.07, 6.45) is 0.879. The molecule has 14 heavy (non-hydrogen) atoms. The molecule has 1 aromatic rings. The van der Waals surface area contributed by atoms with Crippen LogP contribution >= 0.6 is 0 Å². The molecule has 74 valence electrons. The maximum absolute atomic E-state index is 8.94. The van der Waals surface area contributed by atoms with E-state index in [9.17, 15) is 0 Å². The van der Waals surface area contributed by atoms with E-state index in [0.29, 0.717) is 6.54 Å². The predicted octanol–water partition coefficient (Wildman–Crippen LogP) is 2.55. The van der Waals surface area contributed by atoms with Crippen molar-refractivity contribution < 1.29 is 5.11 Å². The van der Waals surface area contributed by atoms with Crippen LogP contribution in [0.1, 0.15) is 23.6 Å². The molecular weight excluding hydrogens is 178 g/mol. The van der Waals surface area contributed by atoms with Crippen LogP contribution in [0.5, 0.6) is 0 Å². The number of aliphatic hydroxyl groups is 1. The third-order valence-electron chi connectivity index (χ3n) is 2.14. The summed E-state index contributed by atoms with van der Waals surface area (Å²) in [4.78, 5) is 2.72. The third-order valence-corrected chi connectivity index (χ3v) is 2.14. The first kappa shape index (κ1) is 10.6. The Bertz CT molecular complexity index is 356. The van der Waals surface area contributed by atoms with Gasteiger partial charge in [0.2, 0.25) is 0 Å². The minimum atomic E-state index is 0.0504. The first-order chi connectivity index (χ1) is 6.81. The summed E-state index contributed by atoms with van der Waals surface area (Å²) in [6, 6.07) is 5.70. The van der Waals surface area contributed by atoms with Crippen molar-refractivity contribution in [3.8, 4) is 0 Å². The van der Waals surface area contributed by atoms with Crippen molar-refractivity contribution in [1.29, 1.82) is 0 Å². The Morgan fingerprint density at radius 2 is 2.21 bits per heavy atom. The molecule has 0 amide bonds. The number of aryl methyl sites for hydroxylation is 1. The minimum absolute atomic E-state index is 0.0504. The van der Waals surface area contributed by atoms with Crippen LogP contribution in [0, 0.1) is 0 Å². The van der Waals surface area contributed by atoms with Crippen molar-refractivity contribution >= 4 is 0 Å². The monoisotopic (exact) mass is 191 g/mol. The SMILES string of the molecule is CCc1cc(CO)ccc1CN=[N+]=[N-]. The standard InChI is InChI=1S/C10H13N3O/c1-2-9-5-8(7-14)3-4-10(9)6-12-13-11/h3-5,14H,2,6-7H2,1H3. The van der Waals surface area contributed by atoms with E-state index in [2.05, 4.69) is 10.0 Å². The lowest BCUT2D eigenvalue weighted by atomic mass is 10.0. The van der Waals surface area contributed by atoms with Gasteiger partial charge >= 0.3 is 0 Å². The van der Waals surface area contributed by atoms with Crippen LogP contribution in [0.3, 0.4) is 0 Å². The fourth-order valence-electron chi connectivity index (χ4n) is 1.37. The molecule has 0 fully saturated rings. The van der Waals surface area contributed by atoms with E-state index in [0.717, 1.165) is 23.1 Å². The Morgan fingerprint density at radius 3 is 2.79 bits per heavy atom. The highest BCUT2D eigenvalue weighted by molar-refractivity contribution is 5.31. The molecule has 1 N–H and O–H groups in total. The van der Waals surface area contributed by atoms with Gasteiger partial charge in [-0.2, -0.15) is 0 Å². The maximum atomic E-state index is 8.94. The van der Waals surface area contributed by atoms with Gasteiger partial charge in [0.1, 0.15) is 0 Å². The van der Waals surface area contributed by atoms with E-state index in [-0.39, 0.29) is 6.61 Å². The van der Waals surface area contributed by atoms with Gasteiger partial charge in [-0.15, -0.1) is 0 Å². The fourth-order valence-corrected chi connectivity index (χ4v) is 1.37. The number of benzene rings is 1. The van der Waals surface area contributed by atoms with Gasteiger partial charge in [0, 0.05) is 4.91 Å². The Hall–Kier alpha value is -1.51. The Balaban J connectivity index is 2.98. The highest BCUT2D eigenvalue weighted by Gasteiger charge is 2.00. The summed E-state index contributed by atoms with van der Waals surface area (Å²) in [5.74, 6) is 0. The van der Waals surface area contributed by atoms with Crippen molar-refractivity contribution in [3.63, 3.8) is 0 Å². The Labute approximate surface area is 82.8 Å². The van der Waals surface area contributed by atoms with E-state index in [1.165, 1.54) is 0 Å². The van der Waals surface area contributed by atoms with Crippen LogP contribution in [0.2, 0.25) is 0 Å². The molecule has 0 aromatic heterocycles. The van der Waals surface area contributed by atoms with E-state index in [1.54, 1.807) is 0 Å². The molecule has 0 spiro atoms. The molecule has 1 rings (SSSR count). The summed E-state index contributed by atoms with van der Waals surface area (Å²) in [6.45, 7) is 2.47. The van der Waals surface area contributed by atoms with Crippen molar-refractivity contribution in [2.45, 2.75) is 26.5 Å². The third kappa shape index (κ3) is 2.49. The zero-order chi connectivity index (χ0) is 10.4. The molecule has 0 atom stereocenters. The molecule has 1 aromatic carbocycles. The summed E-state index contributed by atoms with van der Waals surface area (Å²) < 4.78 is 0. The number of aliphatic hydroxyl groups excluding tert-OH is 1. The summed E-state index contributed by atoms with van der Waals surface area (Å²) in [5, 5.41) is 12.5. The van der Waals surface area contributed by atoms with E-state index in [1.807, 2.05) is 25.1 Å². The van der Waals surface area contributed by atoms with Crippen LogP contribution in [-0.2, 0) is 19.6 Å². The molecule has 4 nitrogen and oxygen atoms in total. The number of rotatable bonds is 4. The van der Waals surface area contributed by atoms with Gasteiger partial charge in [0.25, 0.3) is 0 Å². The smallest absolute Gasteiger partial charge is 0.0681 e. The van der Waals surface area contributed by atoms with Gasteiger partial charge in [-0.3, -0.25) is 0 Å². The second kappa shape index (κ2) is 5.27. The van der Waals surface area contributed by atoms with Crippen molar-refractivity contribution in [1.82, 2.24) is 0 Å². The number of hydrogen-bond acceptors (Lipinski definition) is 2. The molecule has 0 saturated heterocycles. The molecule has 0 aliphatic heterocycles. The second-order valence-corrected chi connectivity index (χ2v) is 3.00. The van der Waals surface area contributed by atoms with E-state index >= 15 is 0 Å². The summed E-state index contributed by atoms with van der Waals surface area (Å²) in [5.41, 5.74) is 11.3. The molecule has 0 aliphatic carbocycles. The molecule has 0 saturated carbocycles. The molecule has 0 heterocycles. The molecule has 0 unspecified atom stereocenters. The first-order valence-electron chi connectivity index (χ1n) is 4.54.